The Balaban J connectivity index is 2.14. The maximum Gasteiger partial charge on any atom is 0.160 e. The molecule has 1 heterocycles. The highest BCUT2D eigenvalue weighted by Crippen LogP contribution is 2.22. The van der Waals surface area contributed by atoms with Crippen LogP contribution in [0.5, 0.6) is 0 Å². The number of hydrogen-bond acceptors (Lipinski definition) is 3. The molecule has 1 aliphatic heterocycles. The molecule has 0 aromatic heterocycles. The highest BCUT2D eigenvalue weighted by atomic mass is 32.2. The van der Waals surface area contributed by atoms with E-state index in [0.717, 1.165) is 12.1 Å². The molecule has 0 amide bonds. The minimum absolute atomic E-state index is 0.0290. The number of benzene rings is 1. The molecule has 1 saturated heterocycles. The van der Waals surface area contributed by atoms with Gasteiger partial charge in [0.2, 0.25) is 0 Å². The highest BCUT2D eigenvalue weighted by molar-refractivity contribution is 7.92. The zero-order valence-corrected chi connectivity index (χ0v) is 11.1. The summed E-state index contributed by atoms with van der Waals surface area (Å²) in [7, 11) is -3.38. The third kappa shape index (κ3) is 3.18. The Hall–Kier alpha value is -1.30. The van der Waals surface area contributed by atoms with Crippen LogP contribution in [-0.2, 0) is 21.1 Å². The third-order valence-electron chi connectivity index (χ3n) is 3.30. The lowest BCUT2D eigenvalue weighted by Gasteiger charge is -2.21. The molecule has 0 radical (unpaired) electrons. The number of rotatable bonds is 3. The Bertz CT molecular complexity index is 596. The molecule has 1 unspecified atom stereocenters. The van der Waals surface area contributed by atoms with Gasteiger partial charge in [-0.2, -0.15) is 0 Å². The van der Waals surface area contributed by atoms with Crippen molar-refractivity contribution in [3.05, 3.63) is 35.4 Å². The number of ketones is 1. The average Bonchev–Trinajstić information content (AvgIpc) is 2.33. The largest absolute Gasteiger partial charge is 0.298 e. The van der Waals surface area contributed by atoms with Crippen LogP contribution in [0.4, 0.5) is 8.78 Å². The van der Waals surface area contributed by atoms with Gasteiger partial charge in [-0.25, -0.2) is 17.2 Å². The van der Waals surface area contributed by atoms with E-state index in [2.05, 4.69) is 0 Å². The van der Waals surface area contributed by atoms with Gasteiger partial charge in [0.1, 0.15) is 5.25 Å². The molecule has 1 atom stereocenters. The molecule has 1 aromatic rings. The molecule has 1 aliphatic rings. The minimum Gasteiger partial charge on any atom is -0.298 e. The first kappa shape index (κ1) is 14.1. The predicted octanol–water partition coefficient (Wildman–Crippen LogP) is 2.04. The van der Waals surface area contributed by atoms with Crippen LogP contribution in [-0.4, -0.2) is 25.2 Å². The normalized spacial score (nSPS) is 22.1. The fourth-order valence-corrected chi connectivity index (χ4v) is 4.18. The van der Waals surface area contributed by atoms with E-state index in [1.807, 2.05) is 0 Å². The summed E-state index contributed by atoms with van der Waals surface area (Å²) in [5, 5.41) is -0.991. The lowest BCUT2D eigenvalue weighted by atomic mass is 10.0. The zero-order valence-electron chi connectivity index (χ0n) is 10.2. The Morgan fingerprint density at radius 2 is 1.95 bits per heavy atom. The van der Waals surface area contributed by atoms with E-state index < -0.39 is 32.5 Å². The second-order valence-electron chi connectivity index (χ2n) is 4.74. The van der Waals surface area contributed by atoms with E-state index in [9.17, 15) is 22.0 Å². The first-order chi connectivity index (χ1) is 8.90. The Morgan fingerprint density at radius 1 is 1.21 bits per heavy atom. The Kier molecular flexibility index (Phi) is 3.99. The average molecular weight is 288 g/mol. The Morgan fingerprint density at radius 3 is 2.58 bits per heavy atom. The van der Waals surface area contributed by atoms with Crippen molar-refractivity contribution in [3.8, 4) is 0 Å². The minimum atomic E-state index is -3.38. The predicted molar refractivity (Wildman–Crippen MR) is 66.5 cm³/mol. The first-order valence-electron chi connectivity index (χ1n) is 6.08. The summed E-state index contributed by atoms with van der Waals surface area (Å²) in [4.78, 5) is 12.0. The van der Waals surface area contributed by atoms with Crippen LogP contribution in [0, 0.1) is 11.6 Å². The van der Waals surface area contributed by atoms with Gasteiger partial charge in [-0.1, -0.05) is 12.5 Å². The van der Waals surface area contributed by atoms with Crippen LogP contribution >= 0.6 is 0 Å². The van der Waals surface area contributed by atoms with Crippen molar-refractivity contribution < 1.29 is 22.0 Å². The third-order valence-corrected chi connectivity index (χ3v) is 5.52. The first-order valence-corrected chi connectivity index (χ1v) is 7.80. The molecule has 1 aromatic carbocycles. The van der Waals surface area contributed by atoms with Crippen LogP contribution in [0.25, 0.3) is 0 Å². The molecule has 0 spiro atoms. The Labute approximate surface area is 110 Å². The molecule has 6 heteroatoms. The van der Waals surface area contributed by atoms with Gasteiger partial charge in [-0.3, -0.25) is 4.79 Å². The summed E-state index contributed by atoms with van der Waals surface area (Å²) in [5.41, 5.74) is 0.296. The van der Waals surface area contributed by atoms with Crippen molar-refractivity contribution in [3.63, 3.8) is 0 Å². The second kappa shape index (κ2) is 5.36. The molecule has 19 heavy (non-hydrogen) atoms. The topological polar surface area (TPSA) is 51.2 Å². The van der Waals surface area contributed by atoms with E-state index in [-0.39, 0.29) is 12.2 Å². The van der Waals surface area contributed by atoms with Crippen molar-refractivity contribution in [2.75, 3.05) is 5.75 Å². The molecular weight excluding hydrogens is 274 g/mol. The van der Waals surface area contributed by atoms with Crippen LogP contribution in [0.1, 0.15) is 24.8 Å². The van der Waals surface area contributed by atoms with Gasteiger partial charge in [0.25, 0.3) is 0 Å². The van der Waals surface area contributed by atoms with Gasteiger partial charge in [-0.15, -0.1) is 0 Å². The van der Waals surface area contributed by atoms with Crippen LogP contribution in [0.3, 0.4) is 0 Å². The summed E-state index contributed by atoms with van der Waals surface area (Å²) in [6, 6.07) is 3.17. The number of sulfone groups is 1. The molecule has 0 N–H and O–H groups in total. The smallest absolute Gasteiger partial charge is 0.160 e. The number of carbonyl (C=O) groups excluding carboxylic acids is 1. The van der Waals surface area contributed by atoms with Crippen molar-refractivity contribution in [1.82, 2.24) is 0 Å². The summed E-state index contributed by atoms with van der Waals surface area (Å²) >= 11 is 0. The molecule has 104 valence electrons. The molecule has 1 fully saturated rings. The molecule has 0 bridgehead atoms. The standard InChI is InChI=1S/C13H14F2O3S/c14-10-5-4-9(7-11(10)15)8-12(16)13-3-1-2-6-19(13,17)18/h4-5,7,13H,1-3,6,8H2. The summed E-state index contributed by atoms with van der Waals surface area (Å²) < 4.78 is 49.3. The highest BCUT2D eigenvalue weighted by Gasteiger charge is 2.34. The van der Waals surface area contributed by atoms with Gasteiger partial charge in [-0.05, 0) is 30.5 Å². The van der Waals surface area contributed by atoms with E-state index in [4.69, 9.17) is 0 Å². The van der Waals surface area contributed by atoms with Gasteiger partial charge in [0.15, 0.2) is 27.3 Å². The van der Waals surface area contributed by atoms with Crippen molar-refractivity contribution >= 4 is 15.6 Å². The SMILES string of the molecule is O=C(Cc1ccc(F)c(F)c1)C1CCCCS1(=O)=O. The van der Waals surface area contributed by atoms with E-state index in [1.165, 1.54) is 6.07 Å². The monoisotopic (exact) mass is 288 g/mol. The fourth-order valence-electron chi connectivity index (χ4n) is 2.28. The van der Waals surface area contributed by atoms with Crippen LogP contribution in [0.15, 0.2) is 18.2 Å². The van der Waals surface area contributed by atoms with Crippen LogP contribution < -0.4 is 0 Å². The van der Waals surface area contributed by atoms with E-state index in [1.54, 1.807) is 0 Å². The fraction of sp³-hybridized carbons (Fsp3) is 0.462. The van der Waals surface area contributed by atoms with Gasteiger partial charge >= 0.3 is 0 Å². The van der Waals surface area contributed by atoms with Crippen molar-refractivity contribution in [2.45, 2.75) is 30.9 Å². The molecular formula is C13H14F2O3S. The quantitative estimate of drug-likeness (QED) is 0.855. The molecule has 2 rings (SSSR count). The number of hydrogen-bond donors (Lipinski definition) is 0. The number of halogens is 2. The van der Waals surface area contributed by atoms with Gasteiger partial charge < -0.3 is 0 Å². The molecule has 0 aliphatic carbocycles. The van der Waals surface area contributed by atoms with Crippen molar-refractivity contribution in [1.29, 1.82) is 0 Å². The lowest BCUT2D eigenvalue weighted by molar-refractivity contribution is -0.118. The van der Waals surface area contributed by atoms with Crippen molar-refractivity contribution in [2.24, 2.45) is 0 Å². The zero-order chi connectivity index (χ0) is 14.0. The summed E-state index contributed by atoms with van der Waals surface area (Å²) in [5.74, 6) is -2.43. The van der Waals surface area contributed by atoms with Crippen LogP contribution in [0.2, 0.25) is 0 Å². The molecule has 3 nitrogen and oxygen atoms in total. The molecule has 0 saturated carbocycles. The maximum absolute atomic E-state index is 13.0. The maximum atomic E-state index is 13.0. The number of carbonyl (C=O) groups is 1. The lowest BCUT2D eigenvalue weighted by Crippen LogP contribution is -2.36. The van der Waals surface area contributed by atoms with E-state index >= 15 is 0 Å². The summed E-state index contributed by atoms with van der Waals surface area (Å²) in [6.07, 6.45) is 1.43. The van der Waals surface area contributed by atoms with E-state index in [0.29, 0.717) is 24.8 Å². The van der Waals surface area contributed by atoms with Gasteiger partial charge in [0.05, 0.1) is 5.75 Å². The van der Waals surface area contributed by atoms with Gasteiger partial charge in [0, 0.05) is 6.42 Å². The summed E-state index contributed by atoms with van der Waals surface area (Å²) in [6.45, 7) is 0. The number of Topliss-reactive ketones (excluding diaryl/α,β-unsaturated/α-hetero) is 1. The second-order valence-corrected chi connectivity index (χ2v) is 7.05.